The fourth-order valence-electron chi connectivity index (χ4n) is 2.27. The third-order valence-electron chi connectivity index (χ3n) is 3.52. The number of aromatic nitrogens is 2. The van der Waals surface area contributed by atoms with Crippen molar-refractivity contribution < 1.29 is 9.53 Å². The van der Waals surface area contributed by atoms with E-state index < -0.39 is 0 Å². The Labute approximate surface area is 123 Å². The Morgan fingerprint density at radius 1 is 1.55 bits per heavy atom. The largest absolute Gasteiger partial charge is 0.467 e. The highest BCUT2D eigenvalue weighted by molar-refractivity contribution is 6.32. The van der Waals surface area contributed by atoms with Crippen molar-refractivity contribution in [1.82, 2.24) is 14.9 Å². The monoisotopic (exact) mass is 298 g/mol. The van der Waals surface area contributed by atoms with E-state index in [0.29, 0.717) is 22.8 Å². The first kappa shape index (κ1) is 14.8. The van der Waals surface area contributed by atoms with E-state index in [0.717, 1.165) is 32.5 Å². The zero-order valence-corrected chi connectivity index (χ0v) is 12.5. The molecule has 0 radical (unpaired) electrons. The molecule has 1 aromatic rings. The van der Waals surface area contributed by atoms with Crippen LogP contribution in [0.3, 0.4) is 0 Å². The first-order valence-corrected chi connectivity index (χ1v) is 7.04. The van der Waals surface area contributed by atoms with Crippen molar-refractivity contribution in [1.29, 1.82) is 0 Å². The Morgan fingerprint density at radius 2 is 2.25 bits per heavy atom. The molecule has 1 N–H and O–H groups in total. The number of ether oxygens (including phenoxy) is 1. The first-order valence-electron chi connectivity index (χ1n) is 6.66. The van der Waals surface area contributed by atoms with Crippen LogP contribution in [0.2, 0.25) is 5.02 Å². The van der Waals surface area contributed by atoms with Crippen LogP contribution in [0.15, 0.2) is 6.20 Å². The summed E-state index contributed by atoms with van der Waals surface area (Å²) < 4.78 is 4.98. The summed E-state index contributed by atoms with van der Waals surface area (Å²) in [6.07, 6.45) is 3.51. The summed E-state index contributed by atoms with van der Waals surface area (Å²) in [6, 6.07) is 0.295. The fourth-order valence-corrected chi connectivity index (χ4v) is 2.42. The molecule has 6 nitrogen and oxygen atoms in total. The first-order chi connectivity index (χ1) is 9.60. The van der Waals surface area contributed by atoms with Gasteiger partial charge in [-0.15, -0.1) is 0 Å². The van der Waals surface area contributed by atoms with Crippen LogP contribution in [0.25, 0.3) is 0 Å². The molecule has 0 unspecified atom stereocenters. The minimum atomic E-state index is 0.153. The van der Waals surface area contributed by atoms with Crippen LogP contribution >= 0.6 is 11.6 Å². The van der Waals surface area contributed by atoms with E-state index in [1.165, 1.54) is 13.3 Å². The van der Waals surface area contributed by atoms with Crippen molar-refractivity contribution in [2.24, 2.45) is 5.92 Å². The number of nitrogens with zero attached hydrogens (tertiary/aromatic N) is 3. The van der Waals surface area contributed by atoms with E-state index in [1.54, 1.807) is 6.92 Å². The lowest BCUT2D eigenvalue weighted by molar-refractivity contribution is -0.130. The zero-order valence-electron chi connectivity index (χ0n) is 11.7. The SMILES string of the molecule is COc1ncc(Cl)c(NCC2CCN(C(C)=O)CC2)n1. The Hall–Kier alpha value is -1.56. The lowest BCUT2D eigenvalue weighted by Gasteiger charge is -2.31. The maximum atomic E-state index is 11.3. The molecule has 1 aromatic heterocycles. The molecule has 1 aliphatic heterocycles. The molecular formula is C13H19ClN4O2. The van der Waals surface area contributed by atoms with Crippen molar-refractivity contribution >= 4 is 23.3 Å². The Kier molecular flexibility index (Phi) is 5.00. The number of hydrogen-bond donors (Lipinski definition) is 1. The minimum Gasteiger partial charge on any atom is -0.467 e. The predicted molar refractivity (Wildman–Crippen MR) is 77.1 cm³/mol. The number of amides is 1. The summed E-state index contributed by atoms with van der Waals surface area (Å²) in [5.41, 5.74) is 0. The molecule has 0 spiro atoms. The molecule has 0 saturated carbocycles. The van der Waals surface area contributed by atoms with Crippen LogP contribution in [0.4, 0.5) is 5.82 Å². The van der Waals surface area contributed by atoms with Crippen molar-refractivity contribution in [3.8, 4) is 6.01 Å². The molecule has 110 valence electrons. The molecule has 2 heterocycles. The highest BCUT2D eigenvalue weighted by atomic mass is 35.5. The van der Waals surface area contributed by atoms with E-state index >= 15 is 0 Å². The Bertz CT molecular complexity index is 475. The molecule has 1 fully saturated rings. The number of methoxy groups -OCH3 is 1. The van der Waals surface area contributed by atoms with Gasteiger partial charge in [0.05, 0.1) is 13.3 Å². The Balaban J connectivity index is 1.86. The third kappa shape index (κ3) is 3.72. The van der Waals surface area contributed by atoms with Crippen LogP contribution < -0.4 is 10.1 Å². The summed E-state index contributed by atoms with van der Waals surface area (Å²) in [6.45, 7) is 4.04. The van der Waals surface area contributed by atoms with Crippen LogP contribution in [0, 0.1) is 5.92 Å². The summed E-state index contributed by atoms with van der Waals surface area (Å²) in [4.78, 5) is 21.3. The second-order valence-electron chi connectivity index (χ2n) is 4.88. The smallest absolute Gasteiger partial charge is 0.318 e. The molecule has 20 heavy (non-hydrogen) atoms. The van der Waals surface area contributed by atoms with Crippen LogP contribution in [0.5, 0.6) is 6.01 Å². The number of carbonyl (C=O) groups excluding carboxylic acids is 1. The average Bonchev–Trinajstić information content (AvgIpc) is 2.47. The summed E-state index contributed by atoms with van der Waals surface area (Å²) in [7, 11) is 1.52. The van der Waals surface area contributed by atoms with E-state index in [-0.39, 0.29) is 5.91 Å². The molecule has 0 aliphatic carbocycles. The second kappa shape index (κ2) is 6.74. The molecule has 2 rings (SSSR count). The molecule has 0 bridgehead atoms. The number of piperidine rings is 1. The normalized spacial score (nSPS) is 16.1. The number of rotatable bonds is 4. The molecule has 0 atom stereocenters. The van der Waals surface area contributed by atoms with E-state index in [4.69, 9.17) is 16.3 Å². The molecule has 1 amide bonds. The number of likely N-dealkylation sites (tertiary alicyclic amines) is 1. The molecule has 7 heteroatoms. The summed E-state index contributed by atoms with van der Waals surface area (Å²) in [5, 5.41) is 3.71. The number of hydrogen-bond acceptors (Lipinski definition) is 5. The molecule has 1 aliphatic rings. The van der Waals surface area contributed by atoms with Gasteiger partial charge < -0.3 is 15.0 Å². The number of halogens is 1. The number of nitrogens with one attached hydrogen (secondary N) is 1. The van der Waals surface area contributed by atoms with Gasteiger partial charge in [0.25, 0.3) is 0 Å². The lowest BCUT2D eigenvalue weighted by atomic mass is 9.97. The maximum Gasteiger partial charge on any atom is 0.318 e. The third-order valence-corrected chi connectivity index (χ3v) is 3.80. The van der Waals surface area contributed by atoms with Crippen LogP contribution in [0.1, 0.15) is 19.8 Å². The number of carbonyl (C=O) groups is 1. The van der Waals surface area contributed by atoms with E-state index in [9.17, 15) is 4.79 Å². The van der Waals surface area contributed by atoms with Crippen molar-refractivity contribution in [3.05, 3.63) is 11.2 Å². The van der Waals surface area contributed by atoms with Crippen LogP contribution in [-0.2, 0) is 4.79 Å². The summed E-state index contributed by atoms with van der Waals surface area (Å²) >= 11 is 6.04. The van der Waals surface area contributed by atoms with E-state index in [1.807, 2.05) is 4.90 Å². The van der Waals surface area contributed by atoms with Gasteiger partial charge in [-0.1, -0.05) is 11.6 Å². The average molecular weight is 299 g/mol. The predicted octanol–water partition coefficient (Wildman–Crippen LogP) is 1.81. The molecular weight excluding hydrogens is 280 g/mol. The van der Waals surface area contributed by atoms with Gasteiger partial charge in [0.1, 0.15) is 5.02 Å². The molecule has 0 aromatic carbocycles. The van der Waals surface area contributed by atoms with E-state index in [2.05, 4.69) is 15.3 Å². The molecule has 1 saturated heterocycles. The van der Waals surface area contributed by atoms with Crippen molar-refractivity contribution in [3.63, 3.8) is 0 Å². The highest BCUT2D eigenvalue weighted by Crippen LogP contribution is 2.22. The fraction of sp³-hybridized carbons (Fsp3) is 0.615. The van der Waals surface area contributed by atoms with Gasteiger partial charge in [0, 0.05) is 26.6 Å². The van der Waals surface area contributed by atoms with Crippen LogP contribution in [-0.4, -0.2) is 47.5 Å². The van der Waals surface area contributed by atoms with Gasteiger partial charge in [-0.25, -0.2) is 4.98 Å². The van der Waals surface area contributed by atoms with Gasteiger partial charge >= 0.3 is 6.01 Å². The maximum absolute atomic E-state index is 11.3. The lowest BCUT2D eigenvalue weighted by Crippen LogP contribution is -2.38. The second-order valence-corrected chi connectivity index (χ2v) is 5.29. The van der Waals surface area contributed by atoms with Gasteiger partial charge in [0.15, 0.2) is 5.82 Å². The van der Waals surface area contributed by atoms with Crippen molar-refractivity contribution in [2.75, 3.05) is 32.1 Å². The standard InChI is InChI=1S/C13H19ClN4O2/c1-9(19)18-5-3-10(4-6-18)7-15-12-11(14)8-16-13(17-12)20-2/h8,10H,3-7H2,1-2H3,(H,15,16,17). The van der Waals surface area contributed by atoms with Crippen molar-refractivity contribution in [2.45, 2.75) is 19.8 Å². The minimum absolute atomic E-state index is 0.153. The highest BCUT2D eigenvalue weighted by Gasteiger charge is 2.20. The van der Waals surface area contributed by atoms with Gasteiger partial charge in [0.2, 0.25) is 5.91 Å². The summed E-state index contributed by atoms with van der Waals surface area (Å²) in [5.74, 6) is 1.26. The number of anilines is 1. The zero-order chi connectivity index (χ0) is 14.5. The quantitative estimate of drug-likeness (QED) is 0.918. The van der Waals surface area contributed by atoms with Gasteiger partial charge in [-0.05, 0) is 18.8 Å². The Morgan fingerprint density at radius 3 is 2.85 bits per heavy atom. The van der Waals surface area contributed by atoms with Gasteiger partial charge in [-0.2, -0.15) is 4.98 Å². The van der Waals surface area contributed by atoms with Gasteiger partial charge in [-0.3, -0.25) is 4.79 Å². The topological polar surface area (TPSA) is 67.3 Å².